The molecular weight excluding hydrogens is 310 g/mol. The fourth-order valence-corrected chi connectivity index (χ4v) is 3.69. The van der Waals surface area contributed by atoms with Gasteiger partial charge in [-0.05, 0) is 25.0 Å². The van der Waals surface area contributed by atoms with Crippen molar-refractivity contribution >= 4 is 22.1 Å². The molecule has 3 heterocycles. The van der Waals surface area contributed by atoms with Crippen molar-refractivity contribution in [3.05, 3.63) is 40.7 Å². The number of nitro groups is 1. The molecule has 0 bridgehead atoms. The summed E-state index contributed by atoms with van der Waals surface area (Å²) in [5.74, 6) is 0.327. The van der Waals surface area contributed by atoms with Gasteiger partial charge in [0, 0.05) is 48.5 Å². The first-order valence-electron chi connectivity index (χ1n) is 8.23. The SMILES string of the molecule is O=[N+]([O-])c1ccc(N2CCC[C@@H](C3OCCO3)C2)c2ccncc12. The highest BCUT2D eigenvalue weighted by molar-refractivity contribution is 5.99. The molecule has 0 spiro atoms. The monoisotopic (exact) mass is 329 g/mol. The predicted octanol–water partition coefficient (Wildman–Crippen LogP) is 2.73. The minimum absolute atomic E-state index is 0.0952. The molecule has 1 aromatic heterocycles. The van der Waals surface area contributed by atoms with Crippen LogP contribution in [0.4, 0.5) is 11.4 Å². The van der Waals surface area contributed by atoms with Gasteiger partial charge in [0.2, 0.25) is 0 Å². The highest BCUT2D eigenvalue weighted by Crippen LogP contribution is 2.36. The summed E-state index contributed by atoms with van der Waals surface area (Å²) in [5.41, 5.74) is 1.11. The van der Waals surface area contributed by atoms with Gasteiger partial charge >= 0.3 is 0 Å². The van der Waals surface area contributed by atoms with Crippen molar-refractivity contribution in [3.63, 3.8) is 0 Å². The number of benzene rings is 1. The number of rotatable bonds is 3. The molecule has 1 atom stereocenters. The summed E-state index contributed by atoms with van der Waals surface area (Å²) in [7, 11) is 0. The molecule has 0 saturated carbocycles. The summed E-state index contributed by atoms with van der Waals surface area (Å²) >= 11 is 0. The predicted molar refractivity (Wildman–Crippen MR) is 89.0 cm³/mol. The van der Waals surface area contributed by atoms with Crippen molar-refractivity contribution in [1.82, 2.24) is 4.98 Å². The summed E-state index contributed by atoms with van der Waals surface area (Å²) in [6, 6.07) is 5.27. The van der Waals surface area contributed by atoms with E-state index in [9.17, 15) is 10.1 Å². The van der Waals surface area contributed by atoms with E-state index in [4.69, 9.17) is 9.47 Å². The Hall–Kier alpha value is -2.25. The van der Waals surface area contributed by atoms with Crippen molar-refractivity contribution in [2.45, 2.75) is 19.1 Å². The molecule has 2 aliphatic rings. The van der Waals surface area contributed by atoms with Gasteiger partial charge in [0.1, 0.15) is 0 Å². The van der Waals surface area contributed by atoms with E-state index in [1.165, 1.54) is 0 Å². The normalized spacial score (nSPS) is 22.2. The van der Waals surface area contributed by atoms with Gasteiger partial charge in [-0.1, -0.05) is 0 Å². The molecule has 2 fully saturated rings. The van der Waals surface area contributed by atoms with Crippen LogP contribution in [0.15, 0.2) is 30.6 Å². The van der Waals surface area contributed by atoms with E-state index in [0.717, 1.165) is 37.0 Å². The van der Waals surface area contributed by atoms with Gasteiger partial charge in [-0.3, -0.25) is 15.1 Å². The highest BCUT2D eigenvalue weighted by Gasteiger charge is 2.32. The number of hydrogen-bond acceptors (Lipinski definition) is 6. The van der Waals surface area contributed by atoms with E-state index >= 15 is 0 Å². The first-order chi connectivity index (χ1) is 11.7. The summed E-state index contributed by atoms with van der Waals surface area (Å²) in [4.78, 5) is 17.2. The van der Waals surface area contributed by atoms with E-state index in [1.54, 1.807) is 18.5 Å². The molecule has 2 saturated heterocycles. The van der Waals surface area contributed by atoms with Crippen LogP contribution in [0.1, 0.15) is 12.8 Å². The Morgan fingerprint density at radius 2 is 2.04 bits per heavy atom. The number of pyridine rings is 1. The molecule has 0 N–H and O–H groups in total. The Bertz CT molecular complexity index is 761. The zero-order valence-corrected chi connectivity index (χ0v) is 13.3. The van der Waals surface area contributed by atoms with Crippen LogP contribution in [0.2, 0.25) is 0 Å². The number of nitrogens with zero attached hydrogens (tertiary/aromatic N) is 3. The summed E-state index contributed by atoms with van der Waals surface area (Å²) < 4.78 is 11.3. The lowest BCUT2D eigenvalue weighted by atomic mass is 9.96. The average molecular weight is 329 g/mol. The van der Waals surface area contributed by atoms with Crippen LogP contribution in [-0.2, 0) is 9.47 Å². The quantitative estimate of drug-likeness (QED) is 0.636. The third-order valence-corrected chi connectivity index (χ3v) is 4.80. The second-order valence-corrected chi connectivity index (χ2v) is 6.24. The maximum atomic E-state index is 11.3. The number of non-ortho nitro benzene ring substituents is 1. The lowest BCUT2D eigenvalue weighted by Crippen LogP contribution is -2.40. The lowest BCUT2D eigenvalue weighted by Gasteiger charge is -2.36. The first-order valence-corrected chi connectivity index (χ1v) is 8.23. The Labute approximate surface area is 139 Å². The molecule has 2 aromatic rings. The zero-order chi connectivity index (χ0) is 16.5. The number of piperidine rings is 1. The van der Waals surface area contributed by atoms with Gasteiger partial charge in [0.05, 0.1) is 23.5 Å². The molecule has 7 nitrogen and oxygen atoms in total. The van der Waals surface area contributed by atoms with Gasteiger partial charge < -0.3 is 14.4 Å². The van der Waals surface area contributed by atoms with E-state index in [1.807, 2.05) is 12.1 Å². The smallest absolute Gasteiger partial charge is 0.278 e. The number of aromatic nitrogens is 1. The van der Waals surface area contributed by atoms with Gasteiger partial charge in [-0.25, -0.2) is 0 Å². The zero-order valence-electron chi connectivity index (χ0n) is 13.3. The Morgan fingerprint density at radius 1 is 1.21 bits per heavy atom. The fraction of sp³-hybridized carbons (Fsp3) is 0.471. The minimum atomic E-state index is -0.354. The minimum Gasteiger partial charge on any atom is -0.371 e. The maximum Gasteiger partial charge on any atom is 0.278 e. The van der Waals surface area contributed by atoms with Crippen molar-refractivity contribution in [1.29, 1.82) is 0 Å². The van der Waals surface area contributed by atoms with E-state index in [-0.39, 0.29) is 16.9 Å². The number of hydrogen-bond donors (Lipinski definition) is 0. The molecule has 0 unspecified atom stereocenters. The molecular formula is C17H19N3O4. The topological polar surface area (TPSA) is 77.7 Å². The van der Waals surface area contributed by atoms with Crippen LogP contribution in [0, 0.1) is 16.0 Å². The van der Waals surface area contributed by atoms with Crippen LogP contribution in [0.25, 0.3) is 10.8 Å². The van der Waals surface area contributed by atoms with Crippen LogP contribution < -0.4 is 4.90 Å². The number of fused-ring (bicyclic) bond motifs is 1. The van der Waals surface area contributed by atoms with Gasteiger partial charge in [-0.2, -0.15) is 0 Å². The number of ether oxygens (including phenoxy) is 2. The van der Waals surface area contributed by atoms with Gasteiger partial charge in [0.25, 0.3) is 5.69 Å². The number of nitro benzene ring substituents is 1. The molecule has 2 aliphatic heterocycles. The molecule has 0 aliphatic carbocycles. The summed E-state index contributed by atoms with van der Waals surface area (Å²) in [5, 5.41) is 12.7. The third-order valence-electron chi connectivity index (χ3n) is 4.80. The van der Waals surface area contributed by atoms with E-state index in [2.05, 4.69) is 9.88 Å². The van der Waals surface area contributed by atoms with Crippen molar-refractivity contribution in [2.24, 2.45) is 5.92 Å². The lowest BCUT2D eigenvalue weighted by molar-refractivity contribution is -0.383. The van der Waals surface area contributed by atoms with Crippen molar-refractivity contribution in [2.75, 3.05) is 31.2 Å². The van der Waals surface area contributed by atoms with Crippen LogP contribution in [0.3, 0.4) is 0 Å². The van der Waals surface area contributed by atoms with Crippen LogP contribution in [0.5, 0.6) is 0 Å². The van der Waals surface area contributed by atoms with Gasteiger partial charge in [-0.15, -0.1) is 0 Å². The second kappa shape index (κ2) is 6.33. The van der Waals surface area contributed by atoms with Crippen molar-refractivity contribution in [3.8, 4) is 0 Å². The summed E-state index contributed by atoms with van der Waals surface area (Å²) in [6.07, 6.45) is 5.26. The van der Waals surface area contributed by atoms with Gasteiger partial charge in [0.15, 0.2) is 6.29 Å². The molecule has 7 heteroatoms. The van der Waals surface area contributed by atoms with E-state index < -0.39 is 0 Å². The number of anilines is 1. The highest BCUT2D eigenvalue weighted by atomic mass is 16.7. The molecule has 24 heavy (non-hydrogen) atoms. The Kier molecular flexibility index (Phi) is 4.03. The Balaban J connectivity index is 1.68. The summed E-state index contributed by atoms with van der Waals surface area (Å²) in [6.45, 7) is 3.08. The standard InChI is InChI=1S/C17H19N3O4/c21-20(22)16-4-3-15(13-5-6-18-10-14(13)16)19-7-1-2-12(11-19)17-23-8-9-24-17/h3-6,10,12,17H,1-2,7-9,11H2/t12-/m1/s1. The maximum absolute atomic E-state index is 11.3. The molecule has 126 valence electrons. The fourth-order valence-electron chi connectivity index (χ4n) is 3.69. The first kappa shape index (κ1) is 15.3. The largest absolute Gasteiger partial charge is 0.371 e. The molecule has 0 radical (unpaired) electrons. The van der Waals surface area contributed by atoms with E-state index in [0.29, 0.717) is 24.5 Å². The van der Waals surface area contributed by atoms with Crippen LogP contribution >= 0.6 is 0 Å². The average Bonchev–Trinajstić information content (AvgIpc) is 3.15. The second-order valence-electron chi connectivity index (χ2n) is 6.24. The molecule has 0 amide bonds. The molecule has 4 rings (SSSR count). The molecule has 1 aromatic carbocycles. The Morgan fingerprint density at radius 3 is 2.83 bits per heavy atom. The van der Waals surface area contributed by atoms with Crippen molar-refractivity contribution < 1.29 is 14.4 Å². The third kappa shape index (κ3) is 2.70. The van der Waals surface area contributed by atoms with Crippen LogP contribution in [-0.4, -0.2) is 42.5 Å².